The molecule has 0 spiro atoms. The van der Waals surface area contributed by atoms with Crippen molar-refractivity contribution in [2.45, 2.75) is 0 Å². The van der Waals surface area contributed by atoms with Gasteiger partial charge in [-0.05, 0) is 177 Å². The van der Waals surface area contributed by atoms with Crippen LogP contribution in [0.5, 0.6) is 0 Å². The van der Waals surface area contributed by atoms with Crippen LogP contribution < -0.4 is 0 Å². The lowest BCUT2D eigenvalue weighted by Crippen LogP contribution is -1.95. The molecule has 6 heteroatoms. The van der Waals surface area contributed by atoms with E-state index in [0.29, 0.717) is 0 Å². The zero-order valence-corrected chi connectivity index (χ0v) is 47.9. The van der Waals surface area contributed by atoms with Gasteiger partial charge in [0.25, 0.3) is 0 Å². The summed E-state index contributed by atoms with van der Waals surface area (Å²) in [7, 11) is 0. The fourth-order valence-electron chi connectivity index (χ4n) is 13.3. The van der Waals surface area contributed by atoms with Gasteiger partial charge in [0, 0.05) is 88.4 Å². The Morgan fingerprint density at radius 1 is 0.218 bits per heavy atom. The van der Waals surface area contributed by atoms with Crippen molar-refractivity contribution < 1.29 is 0 Å². The van der Waals surface area contributed by atoms with E-state index in [2.05, 4.69) is 282 Å². The van der Waals surface area contributed by atoms with Gasteiger partial charge in [-0.2, -0.15) is 0 Å². The minimum Gasteiger partial charge on any atom is -0.309 e. The Labute approximate surface area is 506 Å². The van der Waals surface area contributed by atoms with E-state index in [9.17, 15) is 0 Å². The normalized spacial score (nSPS) is 11.7. The minimum atomic E-state index is 0.948. The van der Waals surface area contributed by atoms with Gasteiger partial charge in [0.2, 0.25) is 0 Å². The first-order valence-electron chi connectivity index (χ1n) is 29.5. The largest absolute Gasteiger partial charge is 0.309 e. The van der Waals surface area contributed by atoms with Crippen molar-refractivity contribution in [1.82, 2.24) is 24.1 Å². The van der Waals surface area contributed by atoms with Gasteiger partial charge < -0.3 is 9.13 Å². The van der Waals surface area contributed by atoms with E-state index < -0.39 is 0 Å². The van der Waals surface area contributed by atoms with Crippen LogP contribution in [0.1, 0.15) is 0 Å². The van der Waals surface area contributed by atoms with Crippen LogP contribution in [0.3, 0.4) is 0 Å². The molecule has 6 aromatic heterocycles. The fourth-order valence-corrected chi connectivity index (χ4v) is 14.4. The van der Waals surface area contributed by atoms with Gasteiger partial charge >= 0.3 is 0 Å². The Bertz CT molecular complexity index is 4890. The number of aromatic nitrogens is 5. The molecule has 0 atom stereocenters. The van der Waals surface area contributed by atoms with Crippen LogP contribution in [0.25, 0.3) is 165 Å². The van der Waals surface area contributed by atoms with Crippen LogP contribution in [-0.4, -0.2) is 24.1 Å². The summed E-state index contributed by atoms with van der Waals surface area (Å²) in [6.07, 6.45) is 5.62. The van der Waals surface area contributed by atoms with Crippen LogP contribution in [-0.2, 0) is 0 Å². The third-order valence-corrected chi connectivity index (χ3v) is 18.5. The van der Waals surface area contributed by atoms with Gasteiger partial charge in [-0.3, -0.25) is 15.0 Å². The lowest BCUT2D eigenvalue weighted by atomic mass is 9.93. The molecule has 0 amide bonds. The van der Waals surface area contributed by atoms with Crippen LogP contribution >= 0.6 is 11.3 Å². The second-order valence-corrected chi connectivity index (χ2v) is 23.3. The summed E-state index contributed by atoms with van der Waals surface area (Å²) in [4.78, 5) is 14.4. The number of pyridine rings is 3. The Morgan fingerprint density at radius 3 is 0.851 bits per heavy atom. The predicted molar refractivity (Wildman–Crippen MR) is 365 cm³/mol. The number of rotatable bonds is 10. The van der Waals surface area contributed by atoms with Gasteiger partial charge in [-0.1, -0.05) is 170 Å². The summed E-state index contributed by atoms with van der Waals surface area (Å²) in [5.41, 5.74) is 24.6. The standard InChI is InChI=1S/C81H51N5S/c1-2-18-52(19-3-1)59-20-4-5-21-60(59)53-31-37-76-67(46-53)68-47-54(61-22-6-9-25-64(61)73-28-12-15-43-82-73)32-38-77(68)85(76)57-35-41-80-71(50-57)72-51-58(36-42-81(72)87-80)86-78-39-33-55(62-23-7-10-26-65(62)74-29-13-16-44-83-74)48-69(78)70-49-56(34-40-79(70)86)63-24-8-11-27-66(63)75-30-14-17-45-84-75/h1-51H. The number of nitrogens with zero attached hydrogens (tertiary/aromatic N) is 5. The Balaban J connectivity index is 0.848. The van der Waals surface area contributed by atoms with E-state index in [-0.39, 0.29) is 0 Å². The molecule has 0 radical (unpaired) electrons. The highest BCUT2D eigenvalue weighted by Gasteiger charge is 2.22. The van der Waals surface area contributed by atoms with Crippen LogP contribution in [0.4, 0.5) is 0 Å². The molecule has 406 valence electrons. The summed E-state index contributed by atoms with van der Waals surface area (Å²) < 4.78 is 7.42. The SMILES string of the molecule is c1ccc(-c2ccccc2-c2ccc3c(c2)c2cc(-c4ccccc4-c4ccccn4)ccc2n3-c2ccc3sc4ccc(-n5c6ccc(-c7ccccc7-c7ccccn7)cc6c6cc(-c7ccccc7-c7ccccn7)ccc65)cc4c3c2)cc1. The molecule has 11 aromatic carbocycles. The molecule has 0 fully saturated rings. The van der Waals surface area contributed by atoms with Crippen molar-refractivity contribution in [3.05, 3.63) is 310 Å². The molecule has 6 heterocycles. The Hall–Kier alpha value is -11.3. The first-order chi connectivity index (χ1) is 43.1. The molecule has 0 N–H and O–H groups in total. The van der Waals surface area contributed by atoms with E-state index in [1.165, 1.54) is 64.0 Å². The molecular formula is C81H51N5S. The van der Waals surface area contributed by atoms with Gasteiger partial charge in [0.05, 0.1) is 39.1 Å². The lowest BCUT2D eigenvalue weighted by molar-refractivity contribution is 1.18. The summed E-state index contributed by atoms with van der Waals surface area (Å²) in [5, 5.41) is 7.18. The van der Waals surface area contributed by atoms with Crippen molar-refractivity contribution >= 4 is 75.1 Å². The van der Waals surface area contributed by atoms with Crippen molar-refractivity contribution in [3.8, 4) is 101 Å². The highest BCUT2D eigenvalue weighted by Crippen LogP contribution is 2.45. The number of thiophene rings is 1. The highest BCUT2D eigenvalue weighted by molar-refractivity contribution is 7.25. The number of hydrogen-bond acceptors (Lipinski definition) is 4. The average Bonchev–Trinajstić information content (AvgIpc) is 1.72. The number of benzene rings is 11. The molecule has 17 rings (SSSR count). The fraction of sp³-hybridized carbons (Fsp3) is 0. The minimum absolute atomic E-state index is 0.948. The molecule has 87 heavy (non-hydrogen) atoms. The molecule has 5 nitrogen and oxygen atoms in total. The zero-order valence-electron chi connectivity index (χ0n) is 47.1. The maximum Gasteiger partial charge on any atom is 0.0708 e. The molecule has 0 bridgehead atoms. The maximum absolute atomic E-state index is 4.80. The third-order valence-electron chi connectivity index (χ3n) is 17.3. The third kappa shape index (κ3) is 8.56. The zero-order chi connectivity index (χ0) is 57.4. The van der Waals surface area contributed by atoms with Crippen molar-refractivity contribution in [2.75, 3.05) is 0 Å². The Kier molecular flexibility index (Phi) is 12.0. The number of hydrogen-bond donors (Lipinski definition) is 0. The van der Waals surface area contributed by atoms with Crippen molar-refractivity contribution in [2.24, 2.45) is 0 Å². The highest BCUT2D eigenvalue weighted by atomic mass is 32.1. The van der Waals surface area contributed by atoms with Crippen molar-refractivity contribution in [3.63, 3.8) is 0 Å². The molecule has 17 aromatic rings. The van der Waals surface area contributed by atoms with E-state index in [0.717, 1.165) is 101 Å². The summed E-state index contributed by atoms with van der Waals surface area (Å²) >= 11 is 1.85. The molecule has 0 saturated heterocycles. The predicted octanol–water partition coefficient (Wildman–Crippen LogP) is 21.8. The van der Waals surface area contributed by atoms with E-state index in [4.69, 9.17) is 15.0 Å². The topological polar surface area (TPSA) is 48.5 Å². The second kappa shape index (κ2) is 20.8. The van der Waals surface area contributed by atoms with Gasteiger partial charge in [0.15, 0.2) is 0 Å². The van der Waals surface area contributed by atoms with E-state index >= 15 is 0 Å². The average molecular weight is 1130 g/mol. The molecule has 0 unspecified atom stereocenters. The molecular weight excluding hydrogens is 1070 g/mol. The maximum atomic E-state index is 4.80. The van der Waals surface area contributed by atoms with Crippen molar-refractivity contribution in [1.29, 1.82) is 0 Å². The molecule has 0 saturated carbocycles. The monoisotopic (exact) mass is 1130 g/mol. The van der Waals surface area contributed by atoms with Crippen LogP contribution in [0, 0.1) is 0 Å². The first kappa shape index (κ1) is 50.2. The van der Waals surface area contributed by atoms with Crippen LogP contribution in [0.15, 0.2) is 310 Å². The smallest absolute Gasteiger partial charge is 0.0708 e. The lowest BCUT2D eigenvalue weighted by Gasteiger charge is -2.12. The molecule has 0 aliphatic heterocycles. The molecule has 0 aliphatic carbocycles. The van der Waals surface area contributed by atoms with Crippen LogP contribution in [0.2, 0.25) is 0 Å². The Morgan fingerprint density at radius 2 is 0.517 bits per heavy atom. The first-order valence-corrected chi connectivity index (χ1v) is 30.3. The van der Waals surface area contributed by atoms with E-state index in [1.54, 1.807) is 0 Å². The summed E-state index contributed by atoms with van der Waals surface area (Å²) in [5.74, 6) is 0. The summed E-state index contributed by atoms with van der Waals surface area (Å²) in [6.45, 7) is 0. The number of fused-ring (bicyclic) bond motifs is 9. The van der Waals surface area contributed by atoms with Gasteiger partial charge in [-0.15, -0.1) is 11.3 Å². The van der Waals surface area contributed by atoms with Gasteiger partial charge in [0.1, 0.15) is 0 Å². The quantitative estimate of drug-likeness (QED) is 0.137. The van der Waals surface area contributed by atoms with E-state index in [1.807, 2.05) is 48.1 Å². The van der Waals surface area contributed by atoms with Gasteiger partial charge in [-0.25, -0.2) is 0 Å². The summed E-state index contributed by atoms with van der Waals surface area (Å²) in [6, 6.07) is 106. The molecule has 0 aliphatic rings. The second-order valence-electron chi connectivity index (χ2n) is 22.3.